The molecule has 5 nitrogen and oxygen atoms in total. The number of sulfonamides is 1. The van der Waals surface area contributed by atoms with Crippen molar-refractivity contribution >= 4 is 50.3 Å². The fourth-order valence-corrected chi connectivity index (χ4v) is 4.91. The van der Waals surface area contributed by atoms with Gasteiger partial charge in [0.15, 0.2) is 0 Å². The Morgan fingerprint density at radius 1 is 1.35 bits per heavy atom. The van der Waals surface area contributed by atoms with Crippen LogP contribution in [0.3, 0.4) is 0 Å². The Labute approximate surface area is 128 Å². The molecule has 0 spiro atoms. The van der Waals surface area contributed by atoms with Gasteiger partial charge in [-0.15, -0.1) is 22.7 Å². The fraction of sp³-hybridized carbons (Fsp3) is 0.182. The lowest BCUT2D eigenvalue weighted by Crippen LogP contribution is -2.26. The quantitative estimate of drug-likeness (QED) is 0.838. The molecule has 108 valence electrons. The van der Waals surface area contributed by atoms with E-state index in [4.69, 9.17) is 16.7 Å². The van der Waals surface area contributed by atoms with E-state index >= 15 is 0 Å². The molecular formula is C11H10ClNO4S3. The molecule has 0 bridgehead atoms. The van der Waals surface area contributed by atoms with Crippen molar-refractivity contribution in [1.82, 2.24) is 4.72 Å². The van der Waals surface area contributed by atoms with Crippen molar-refractivity contribution in [2.75, 3.05) is 6.54 Å². The molecule has 0 aromatic carbocycles. The molecule has 2 heterocycles. The van der Waals surface area contributed by atoms with Gasteiger partial charge in [0.05, 0.1) is 4.34 Å². The third kappa shape index (κ3) is 3.58. The predicted octanol–water partition coefficient (Wildman–Crippen LogP) is 2.68. The van der Waals surface area contributed by atoms with Crippen LogP contribution in [0.15, 0.2) is 28.5 Å². The summed E-state index contributed by atoms with van der Waals surface area (Å²) in [5, 5.41) is 10.4. The van der Waals surface area contributed by atoms with Gasteiger partial charge in [0.1, 0.15) is 9.77 Å². The van der Waals surface area contributed by atoms with Gasteiger partial charge in [0.25, 0.3) is 0 Å². The molecule has 0 amide bonds. The van der Waals surface area contributed by atoms with Crippen LogP contribution in [0.4, 0.5) is 0 Å². The predicted molar refractivity (Wildman–Crippen MR) is 79.5 cm³/mol. The van der Waals surface area contributed by atoms with Crippen molar-refractivity contribution in [1.29, 1.82) is 0 Å². The maximum Gasteiger partial charge on any atom is 0.347 e. The molecular weight excluding hydrogens is 342 g/mol. The molecule has 2 aromatic rings. The van der Waals surface area contributed by atoms with Crippen molar-refractivity contribution in [3.8, 4) is 0 Å². The van der Waals surface area contributed by atoms with Gasteiger partial charge in [0.2, 0.25) is 10.0 Å². The minimum Gasteiger partial charge on any atom is -0.477 e. The maximum absolute atomic E-state index is 12.0. The molecule has 2 rings (SSSR count). The lowest BCUT2D eigenvalue weighted by atomic mass is 10.3. The summed E-state index contributed by atoms with van der Waals surface area (Å²) in [7, 11) is -3.80. The molecule has 0 aliphatic rings. The highest BCUT2D eigenvalue weighted by Gasteiger charge is 2.23. The smallest absolute Gasteiger partial charge is 0.347 e. The topological polar surface area (TPSA) is 83.5 Å². The molecule has 0 atom stereocenters. The molecule has 0 fully saturated rings. The van der Waals surface area contributed by atoms with Crippen LogP contribution in [0.2, 0.25) is 4.34 Å². The zero-order valence-electron chi connectivity index (χ0n) is 10.00. The summed E-state index contributed by atoms with van der Waals surface area (Å²) < 4.78 is 27.1. The van der Waals surface area contributed by atoms with Gasteiger partial charge in [-0.1, -0.05) is 11.6 Å². The van der Waals surface area contributed by atoms with E-state index in [9.17, 15) is 13.2 Å². The van der Waals surface area contributed by atoms with Gasteiger partial charge >= 0.3 is 5.97 Å². The van der Waals surface area contributed by atoms with Crippen LogP contribution < -0.4 is 4.72 Å². The first-order valence-electron chi connectivity index (χ1n) is 5.45. The van der Waals surface area contributed by atoms with E-state index in [-0.39, 0.29) is 16.3 Å². The molecule has 2 aromatic heterocycles. The van der Waals surface area contributed by atoms with E-state index in [0.29, 0.717) is 10.8 Å². The summed E-state index contributed by atoms with van der Waals surface area (Å²) in [5.74, 6) is -1.24. The average molecular weight is 352 g/mol. The molecule has 2 N–H and O–H groups in total. The van der Waals surface area contributed by atoms with E-state index in [1.165, 1.54) is 22.8 Å². The van der Waals surface area contributed by atoms with Crippen molar-refractivity contribution in [2.24, 2.45) is 0 Å². The Kier molecular flexibility index (Phi) is 4.82. The first-order chi connectivity index (χ1) is 9.40. The zero-order valence-corrected chi connectivity index (χ0v) is 13.2. The van der Waals surface area contributed by atoms with Crippen LogP contribution >= 0.6 is 34.3 Å². The Morgan fingerprint density at radius 3 is 2.70 bits per heavy atom. The fourth-order valence-electron chi connectivity index (χ4n) is 1.54. The Balaban J connectivity index is 2.04. The Hall–Kier alpha value is -0.930. The van der Waals surface area contributed by atoms with E-state index in [2.05, 4.69) is 4.72 Å². The highest BCUT2D eigenvalue weighted by Crippen LogP contribution is 2.23. The second kappa shape index (κ2) is 6.23. The normalized spacial score (nSPS) is 11.7. The summed E-state index contributed by atoms with van der Waals surface area (Å²) in [6.07, 6.45) is 0.503. The van der Waals surface area contributed by atoms with Crippen LogP contribution in [0.5, 0.6) is 0 Å². The summed E-state index contributed by atoms with van der Waals surface area (Å²) in [4.78, 5) is 11.5. The number of halogens is 1. The van der Waals surface area contributed by atoms with Gasteiger partial charge in [-0.3, -0.25) is 0 Å². The molecule has 0 saturated carbocycles. The Morgan fingerprint density at radius 2 is 2.10 bits per heavy atom. The molecule has 0 saturated heterocycles. The van der Waals surface area contributed by atoms with Crippen LogP contribution in [0, 0.1) is 0 Å². The minimum absolute atomic E-state index is 0.184. The van der Waals surface area contributed by atoms with Gasteiger partial charge in [-0.25, -0.2) is 17.9 Å². The second-order valence-electron chi connectivity index (χ2n) is 3.77. The summed E-state index contributed by atoms with van der Waals surface area (Å²) >= 11 is 8.05. The number of thiophene rings is 2. The molecule has 0 unspecified atom stereocenters. The monoisotopic (exact) mass is 351 g/mol. The number of hydrogen-bond acceptors (Lipinski definition) is 5. The molecule has 0 radical (unpaired) electrons. The van der Waals surface area contributed by atoms with Crippen LogP contribution in [0.25, 0.3) is 0 Å². The molecule has 0 aliphatic carbocycles. The minimum atomic E-state index is -3.80. The van der Waals surface area contributed by atoms with Crippen molar-refractivity contribution in [2.45, 2.75) is 11.3 Å². The van der Waals surface area contributed by atoms with Crippen molar-refractivity contribution in [3.63, 3.8) is 0 Å². The first-order valence-corrected chi connectivity index (χ1v) is 9.00. The first kappa shape index (κ1) is 15.5. The number of carbonyl (C=O) groups is 1. The van der Waals surface area contributed by atoms with Crippen LogP contribution in [-0.4, -0.2) is 26.0 Å². The molecule has 9 heteroatoms. The van der Waals surface area contributed by atoms with Crippen LogP contribution in [-0.2, 0) is 16.4 Å². The number of nitrogens with one attached hydrogen (secondary N) is 1. The number of carboxylic acid groups (broad SMARTS) is 1. The zero-order chi connectivity index (χ0) is 14.8. The van der Waals surface area contributed by atoms with Crippen LogP contribution in [0.1, 0.15) is 14.5 Å². The largest absolute Gasteiger partial charge is 0.477 e. The molecule has 0 aliphatic heterocycles. The van der Waals surface area contributed by atoms with E-state index in [1.807, 2.05) is 6.07 Å². The van der Waals surface area contributed by atoms with Gasteiger partial charge in [0, 0.05) is 11.4 Å². The lowest BCUT2D eigenvalue weighted by Gasteiger charge is -2.05. The number of carboxylic acids is 1. The van der Waals surface area contributed by atoms with Gasteiger partial charge in [-0.2, -0.15) is 0 Å². The summed E-state index contributed by atoms with van der Waals surface area (Å²) in [6, 6.07) is 4.87. The van der Waals surface area contributed by atoms with E-state index in [1.54, 1.807) is 6.07 Å². The lowest BCUT2D eigenvalue weighted by molar-refractivity contribution is 0.0698. The molecule has 20 heavy (non-hydrogen) atoms. The van der Waals surface area contributed by atoms with E-state index in [0.717, 1.165) is 16.2 Å². The highest BCUT2D eigenvalue weighted by molar-refractivity contribution is 7.89. The standard InChI is InChI=1S/C11H10ClNO4S3/c12-9-2-1-7(19-9)3-5-13-20(16,17)8-4-6-18-10(8)11(14)15/h1-2,4,6,13H,3,5H2,(H,14,15). The van der Waals surface area contributed by atoms with E-state index < -0.39 is 16.0 Å². The van der Waals surface area contributed by atoms with Gasteiger partial charge in [-0.05, 0) is 30.0 Å². The third-order valence-electron chi connectivity index (χ3n) is 2.41. The SMILES string of the molecule is O=C(O)c1sccc1S(=O)(=O)NCCc1ccc(Cl)s1. The summed E-state index contributed by atoms with van der Waals surface area (Å²) in [6.45, 7) is 0.189. The Bertz CT molecular complexity index is 720. The summed E-state index contributed by atoms with van der Waals surface area (Å²) in [5.41, 5.74) is 0. The van der Waals surface area contributed by atoms with Crippen molar-refractivity contribution < 1.29 is 18.3 Å². The number of aromatic carboxylic acids is 1. The van der Waals surface area contributed by atoms with Gasteiger partial charge < -0.3 is 5.11 Å². The third-order valence-corrected chi connectivity index (χ3v) is 6.23. The highest BCUT2D eigenvalue weighted by atomic mass is 35.5. The second-order valence-corrected chi connectivity index (χ2v) is 8.22. The van der Waals surface area contributed by atoms with Crippen molar-refractivity contribution in [3.05, 3.63) is 37.7 Å². The number of rotatable bonds is 6. The number of hydrogen-bond donors (Lipinski definition) is 2. The maximum atomic E-state index is 12.0. The average Bonchev–Trinajstić information content (AvgIpc) is 2.97.